The molecular formula is C44H106O22. The molecule has 414 valence electrons. The number of aliphatic hydroxyl groups excluding tert-OH is 20. The van der Waals surface area contributed by atoms with Gasteiger partial charge < -0.3 is 107 Å². The van der Waals surface area contributed by atoms with E-state index in [0.717, 1.165) is 0 Å². The Morgan fingerprint density at radius 3 is 0.348 bits per heavy atom. The SMILES string of the molecule is C=C(C)C(=O)O.CC(O)CCO.CC(O)CCO.CC(O)CCO.CC(O)CCO.CC(O)CCO.CC(O)CCO.CC(O)CCO.CC(O)CCO.CC(O)CCO.CC(O)CCO. The number of hydrogen-bond donors (Lipinski definition) is 21. The van der Waals surface area contributed by atoms with Crippen LogP contribution in [0.4, 0.5) is 0 Å². The Kier molecular flexibility index (Phi) is 115. The van der Waals surface area contributed by atoms with Crippen LogP contribution in [0.15, 0.2) is 12.2 Å². The van der Waals surface area contributed by atoms with Crippen molar-refractivity contribution in [3.8, 4) is 0 Å². The van der Waals surface area contributed by atoms with Crippen molar-refractivity contribution in [1.82, 2.24) is 0 Å². The Labute approximate surface area is 397 Å². The van der Waals surface area contributed by atoms with Gasteiger partial charge in [-0.2, -0.15) is 0 Å². The largest absolute Gasteiger partial charge is 0.478 e. The smallest absolute Gasteiger partial charge is 0.330 e. The maximum atomic E-state index is 9.60. The third kappa shape index (κ3) is 224. The molecule has 0 saturated carbocycles. The van der Waals surface area contributed by atoms with E-state index in [9.17, 15) is 4.79 Å². The number of carboxylic acids is 1. The zero-order valence-electron chi connectivity index (χ0n) is 42.4. The molecule has 21 N–H and O–H groups in total. The molecule has 0 aromatic heterocycles. The summed E-state index contributed by atoms with van der Waals surface area (Å²) in [5.41, 5.74) is 0.176. The lowest BCUT2D eigenvalue weighted by atomic mass is 10.3. The van der Waals surface area contributed by atoms with Gasteiger partial charge in [0, 0.05) is 71.6 Å². The molecule has 0 aliphatic rings. The lowest BCUT2D eigenvalue weighted by Crippen LogP contribution is -2.00. The molecule has 0 bridgehead atoms. The van der Waals surface area contributed by atoms with Crippen LogP contribution in [0.3, 0.4) is 0 Å². The normalized spacial score (nSPS) is 13.9. The highest BCUT2D eigenvalue weighted by Crippen LogP contribution is 1.88. The third-order valence-corrected chi connectivity index (χ3v) is 5.83. The van der Waals surface area contributed by atoms with Gasteiger partial charge in [0.2, 0.25) is 0 Å². The standard InChI is InChI=1S/10C4H10O2.C4H6O2/c10*1-4(6)2-3-5;1-3(2)4(5)6/h10*4-6H,2-3H2,1H3;1H2,2H3,(H,5,6). The highest BCUT2D eigenvalue weighted by molar-refractivity contribution is 5.84. The molecule has 0 aliphatic heterocycles. The van der Waals surface area contributed by atoms with E-state index in [1.807, 2.05) is 0 Å². The third-order valence-electron chi connectivity index (χ3n) is 5.83. The van der Waals surface area contributed by atoms with E-state index in [1.54, 1.807) is 69.2 Å². The van der Waals surface area contributed by atoms with Gasteiger partial charge in [0.15, 0.2) is 0 Å². The minimum Gasteiger partial charge on any atom is -0.478 e. The van der Waals surface area contributed by atoms with E-state index in [4.69, 9.17) is 107 Å². The zero-order chi connectivity index (χ0) is 55.1. The minimum atomic E-state index is -0.935. The van der Waals surface area contributed by atoms with Crippen molar-refractivity contribution in [2.75, 3.05) is 66.1 Å². The number of carbonyl (C=O) groups is 1. The molecule has 10 unspecified atom stereocenters. The fourth-order valence-electron chi connectivity index (χ4n) is 1.87. The fourth-order valence-corrected chi connectivity index (χ4v) is 1.87. The Hall–Kier alpha value is -1.59. The maximum absolute atomic E-state index is 9.60. The van der Waals surface area contributed by atoms with Crippen LogP contribution in [0, 0.1) is 0 Å². The summed E-state index contributed by atoms with van der Waals surface area (Å²) in [5, 5.41) is 173. The molecule has 0 aliphatic carbocycles. The number of aliphatic carboxylic acids is 1. The molecule has 0 amide bonds. The van der Waals surface area contributed by atoms with Crippen LogP contribution in [0.25, 0.3) is 0 Å². The number of carboxylic acid groups (broad SMARTS) is 1. The van der Waals surface area contributed by atoms with E-state index < -0.39 is 5.97 Å². The first kappa shape index (κ1) is 90.8. The van der Waals surface area contributed by atoms with Crippen LogP contribution in [-0.2, 0) is 4.79 Å². The van der Waals surface area contributed by atoms with Gasteiger partial charge in [-0.1, -0.05) is 6.58 Å². The summed E-state index contributed by atoms with van der Waals surface area (Å²) < 4.78 is 0. The Bertz CT molecular complexity index is 593. The molecule has 0 aromatic carbocycles. The van der Waals surface area contributed by atoms with Crippen LogP contribution in [0.1, 0.15) is 140 Å². The highest BCUT2D eigenvalue weighted by Gasteiger charge is 1.93. The summed E-state index contributed by atoms with van der Waals surface area (Å²) >= 11 is 0. The van der Waals surface area contributed by atoms with Crippen LogP contribution >= 0.6 is 0 Å². The molecule has 0 aromatic rings. The fraction of sp³-hybridized carbons (Fsp3) is 0.932. The first-order valence-electron chi connectivity index (χ1n) is 22.1. The van der Waals surface area contributed by atoms with Gasteiger partial charge in [-0.3, -0.25) is 0 Å². The predicted octanol–water partition coefficient (Wildman–Crippen LogP) is -1.86. The minimum absolute atomic E-state index is 0.0810. The summed E-state index contributed by atoms with van der Waals surface area (Å²) in [4.78, 5) is 9.60. The zero-order valence-corrected chi connectivity index (χ0v) is 42.4. The van der Waals surface area contributed by atoms with Gasteiger partial charge >= 0.3 is 5.97 Å². The molecule has 0 heterocycles. The van der Waals surface area contributed by atoms with Crippen molar-refractivity contribution in [1.29, 1.82) is 0 Å². The van der Waals surface area contributed by atoms with E-state index in [1.165, 1.54) is 6.92 Å². The molecule has 10 atom stereocenters. The van der Waals surface area contributed by atoms with E-state index in [2.05, 4.69) is 6.58 Å². The summed E-state index contributed by atoms with van der Waals surface area (Å²) in [6.45, 7) is 21.9. The van der Waals surface area contributed by atoms with Crippen molar-refractivity contribution in [2.45, 2.75) is 201 Å². The Balaban J connectivity index is -0.0000000560. The monoisotopic (exact) mass is 987 g/mol. The van der Waals surface area contributed by atoms with Crippen molar-refractivity contribution in [3.05, 3.63) is 12.2 Å². The lowest BCUT2D eigenvalue weighted by Gasteiger charge is -1.95. The van der Waals surface area contributed by atoms with Crippen molar-refractivity contribution in [3.63, 3.8) is 0 Å². The number of aliphatic hydroxyl groups is 20. The van der Waals surface area contributed by atoms with Gasteiger partial charge in [-0.05, 0) is 140 Å². The van der Waals surface area contributed by atoms with Gasteiger partial charge in [-0.25, -0.2) is 4.79 Å². The van der Waals surface area contributed by atoms with Gasteiger partial charge in [0.05, 0.1) is 61.0 Å². The topological polar surface area (TPSA) is 442 Å². The number of hydrogen-bond acceptors (Lipinski definition) is 21. The molecule has 22 nitrogen and oxygen atoms in total. The van der Waals surface area contributed by atoms with E-state index >= 15 is 0 Å². The first-order valence-corrected chi connectivity index (χ1v) is 22.1. The second-order valence-corrected chi connectivity index (χ2v) is 14.7. The Morgan fingerprint density at radius 1 is 0.288 bits per heavy atom. The maximum Gasteiger partial charge on any atom is 0.330 e. The van der Waals surface area contributed by atoms with Crippen LogP contribution in [0.5, 0.6) is 0 Å². The van der Waals surface area contributed by atoms with Crippen LogP contribution < -0.4 is 0 Å². The average Bonchev–Trinajstić information content (AvgIpc) is 3.14. The molecule has 66 heavy (non-hydrogen) atoms. The van der Waals surface area contributed by atoms with Crippen LogP contribution in [-0.4, -0.2) is 240 Å². The quantitative estimate of drug-likeness (QED) is 0.0561. The molecule has 0 radical (unpaired) electrons. The predicted molar refractivity (Wildman–Crippen MR) is 256 cm³/mol. The second kappa shape index (κ2) is 83.4. The van der Waals surface area contributed by atoms with E-state index in [0.29, 0.717) is 64.2 Å². The van der Waals surface area contributed by atoms with Crippen molar-refractivity contribution >= 4 is 5.97 Å². The van der Waals surface area contributed by atoms with Crippen molar-refractivity contribution < 1.29 is 112 Å². The van der Waals surface area contributed by atoms with Gasteiger partial charge in [-0.15, -0.1) is 0 Å². The molecule has 0 saturated heterocycles. The first-order chi connectivity index (χ1) is 30.3. The van der Waals surface area contributed by atoms with Gasteiger partial charge in [0.1, 0.15) is 0 Å². The Morgan fingerprint density at radius 2 is 0.348 bits per heavy atom. The molecule has 22 heteroatoms. The highest BCUT2D eigenvalue weighted by atomic mass is 16.4. The average molecular weight is 987 g/mol. The van der Waals surface area contributed by atoms with Crippen molar-refractivity contribution in [2.24, 2.45) is 0 Å². The van der Waals surface area contributed by atoms with Gasteiger partial charge in [0.25, 0.3) is 0 Å². The summed E-state index contributed by atoms with van der Waals surface area (Å²) in [5.74, 6) is -0.935. The van der Waals surface area contributed by atoms with E-state index in [-0.39, 0.29) is 133 Å². The molecular weight excluding hydrogens is 880 g/mol. The molecule has 0 fully saturated rings. The molecule has 0 rings (SSSR count). The summed E-state index contributed by atoms with van der Waals surface area (Å²) in [6, 6.07) is 0. The molecule has 0 spiro atoms. The summed E-state index contributed by atoms with van der Waals surface area (Å²) in [6.07, 6.45) is 1.34. The number of rotatable bonds is 21. The van der Waals surface area contributed by atoms with Crippen LogP contribution in [0.2, 0.25) is 0 Å². The summed E-state index contributed by atoms with van der Waals surface area (Å²) in [7, 11) is 0. The second-order valence-electron chi connectivity index (χ2n) is 14.7. The lowest BCUT2D eigenvalue weighted by molar-refractivity contribution is -0.132.